The lowest BCUT2D eigenvalue weighted by Gasteiger charge is -2.18. The second kappa shape index (κ2) is 4.65. The summed E-state index contributed by atoms with van der Waals surface area (Å²) in [6.45, 7) is 3.64. The van der Waals surface area contributed by atoms with Crippen molar-refractivity contribution in [3.05, 3.63) is 30.3 Å². The molecule has 0 bridgehead atoms. The normalized spacial score (nSPS) is 10.0. The van der Waals surface area contributed by atoms with Crippen LogP contribution in [0.2, 0.25) is 0 Å². The Morgan fingerprint density at radius 1 is 1.50 bits per heavy atom. The fourth-order valence-electron chi connectivity index (χ4n) is 0.972. The third-order valence-corrected chi connectivity index (χ3v) is 1.66. The molecule has 1 radical (unpaired) electrons. The summed E-state index contributed by atoms with van der Waals surface area (Å²) in [4.78, 5) is 12.9. The van der Waals surface area contributed by atoms with Crippen LogP contribution in [0.25, 0.3) is 0 Å². The van der Waals surface area contributed by atoms with E-state index in [9.17, 15) is 4.79 Å². The molecular formula is C11H14NO2. The van der Waals surface area contributed by atoms with Crippen LogP contribution in [0.1, 0.15) is 13.8 Å². The van der Waals surface area contributed by atoms with Crippen molar-refractivity contribution in [2.45, 2.75) is 20.0 Å². The van der Waals surface area contributed by atoms with Crippen LogP contribution < -0.4 is 4.90 Å². The Morgan fingerprint density at radius 3 is 2.71 bits per heavy atom. The Kier molecular flexibility index (Phi) is 3.51. The molecule has 0 atom stereocenters. The minimum atomic E-state index is -0.359. The number of anilines is 1. The first-order chi connectivity index (χ1) is 6.61. The summed E-state index contributed by atoms with van der Waals surface area (Å²) in [5.74, 6) is 0. The zero-order valence-corrected chi connectivity index (χ0v) is 8.65. The van der Waals surface area contributed by atoms with Crippen LogP contribution in [0.5, 0.6) is 0 Å². The number of carbonyl (C=O) groups is 1. The number of nitrogens with zero attached hydrogens (tertiary/aromatic N) is 1. The maximum Gasteiger partial charge on any atom is 0.414 e. The van der Waals surface area contributed by atoms with Crippen molar-refractivity contribution < 1.29 is 9.53 Å². The van der Waals surface area contributed by atoms with Gasteiger partial charge in [-0.05, 0) is 19.9 Å². The van der Waals surface area contributed by atoms with Gasteiger partial charge in [-0.2, -0.15) is 0 Å². The first-order valence-corrected chi connectivity index (χ1v) is 4.52. The molecular weight excluding hydrogens is 178 g/mol. The Hall–Kier alpha value is -1.51. The van der Waals surface area contributed by atoms with Gasteiger partial charge in [0.25, 0.3) is 0 Å². The molecule has 0 heterocycles. The predicted molar refractivity (Wildman–Crippen MR) is 55.3 cm³/mol. The van der Waals surface area contributed by atoms with E-state index in [1.54, 1.807) is 13.1 Å². The molecule has 1 amide bonds. The van der Waals surface area contributed by atoms with Crippen LogP contribution in [0.3, 0.4) is 0 Å². The van der Waals surface area contributed by atoms with Gasteiger partial charge in [-0.15, -0.1) is 0 Å². The van der Waals surface area contributed by atoms with E-state index in [1.807, 2.05) is 32.0 Å². The van der Waals surface area contributed by atoms with Crippen LogP contribution in [0.4, 0.5) is 10.5 Å². The highest BCUT2D eigenvalue weighted by atomic mass is 16.6. The molecule has 3 nitrogen and oxygen atoms in total. The average Bonchev–Trinajstić information content (AvgIpc) is 2.17. The summed E-state index contributed by atoms with van der Waals surface area (Å²) in [7, 11) is 1.66. The number of para-hydroxylation sites is 1. The van der Waals surface area contributed by atoms with Gasteiger partial charge in [0.1, 0.15) is 0 Å². The third kappa shape index (κ3) is 2.76. The van der Waals surface area contributed by atoms with Crippen molar-refractivity contribution in [3.8, 4) is 0 Å². The standard InChI is InChI=1S/C11H14NO2/c1-9(2)14-11(13)12(3)10-7-5-4-6-8-10/h4-7,9H,1-3H3. The molecule has 1 aromatic rings. The summed E-state index contributed by atoms with van der Waals surface area (Å²) < 4.78 is 5.03. The van der Waals surface area contributed by atoms with Gasteiger partial charge in [0.05, 0.1) is 11.8 Å². The first kappa shape index (κ1) is 10.6. The lowest BCUT2D eigenvalue weighted by molar-refractivity contribution is 0.124. The van der Waals surface area contributed by atoms with Crippen LogP contribution in [-0.2, 0) is 4.74 Å². The third-order valence-electron chi connectivity index (χ3n) is 1.66. The molecule has 0 unspecified atom stereocenters. The summed E-state index contributed by atoms with van der Waals surface area (Å²) in [6.07, 6.45) is -0.462. The Morgan fingerprint density at radius 2 is 2.21 bits per heavy atom. The Balaban J connectivity index is 2.66. The molecule has 3 heteroatoms. The number of ether oxygens (including phenoxy) is 1. The minimum absolute atomic E-state index is 0.103. The summed E-state index contributed by atoms with van der Waals surface area (Å²) in [5.41, 5.74) is 0.707. The summed E-state index contributed by atoms with van der Waals surface area (Å²) >= 11 is 0. The summed E-state index contributed by atoms with van der Waals surface area (Å²) in [6, 6.07) is 10.2. The van der Waals surface area contributed by atoms with Crippen LogP contribution >= 0.6 is 0 Å². The first-order valence-electron chi connectivity index (χ1n) is 4.52. The SMILES string of the molecule is CC(C)OC(=O)N(C)c1[c]cccc1. The largest absolute Gasteiger partial charge is 0.446 e. The number of amides is 1. The van der Waals surface area contributed by atoms with Crippen molar-refractivity contribution in [1.82, 2.24) is 0 Å². The van der Waals surface area contributed by atoms with Crippen molar-refractivity contribution in [2.75, 3.05) is 11.9 Å². The molecule has 1 rings (SSSR count). The number of carbonyl (C=O) groups excluding carboxylic acids is 1. The summed E-state index contributed by atoms with van der Waals surface area (Å²) in [5, 5.41) is 0. The lowest BCUT2D eigenvalue weighted by atomic mass is 10.3. The van der Waals surface area contributed by atoms with E-state index < -0.39 is 0 Å². The lowest BCUT2D eigenvalue weighted by Crippen LogP contribution is -2.29. The van der Waals surface area contributed by atoms with Crippen LogP contribution in [0, 0.1) is 6.07 Å². The quantitative estimate of drug-likeness (QED) is 0.720. The van der Waals surface area contributed by atoms with Gasteiger partial charge in [0.2, 0.25) is 0 Å². The molecule has 0 fully saturated rings. The Bertz CT molecular complexity index is 295. The van der Waals surface area contributed by atoms with Gasteiger partial charge in [-0.3, -0.25) is 4.90 Å². The van der Waals surface area contributed by atoms with Crippen LogP contribution in [0.15, 0.2) is 24.3 Å². The topological polar surface area (TPSA) is 29.5 Å². The van der Waals surface area contributed by atoms with E-state index in [4.69, 9.17) is 4.74 Å². The van der Waals surface area contributed by atoms with Crippen molar-refractivity contribution in [1.29, 1.82) is 0 Å². The second-order valence-electron chi connectivity index (χ2n) is 3.24. The van der Waals surface area contributed by atoms with Gasteiger partial charge >= 0.3 is 6.09 Å². The highest BCUT2D eigenvalue weighted by molar-refractivity contribution is 5.86. The highest BCUT2D eigenvalue weighted by Gasteiger charge is 2.12. The fourth-order valence-corrected chi connectivity index (χ4v) is 0.972. The molecule has 0 aliphatic carbocycles. The zero-order valence-electron chi connectivity index (χ0n) is 8.65. The molecule has 0 saturated carbocycles. The van der Waals surface area contributed by atoms with E-state index in [1.165, 1.54) is 4.90 Å². The number of benzene rings is 1. The van der Waals surface area contributed by atoms with Crippen molar-refractivity contribution in [2.24, 2.45) is 0 Å². The molecule has 75 valence electrons. The smallest absolute Gasteiger partial charge is 0.414 e. The van der Waals surface area contributed by atoms with E-state index in [-0.39, 0.29) is 12.2 Å². The van der Waals surface area contributed by atoms with Gasteiger partial charge in [0.15, 0.2) is 0 Å². The molecule has 14 heavy (non-hydrogen) atoms. The number of rotatable bonds is 2. The van der Waals surface area contributed by atoms with Gasteiger partial charge in [0, 0.05) is 13.1 Å². The van der Waals surface area contributed by atoms with Gasteiger partial charge in [-0.25, -0.2) is 4.79 Å². The van der Waals surface area contributed by atoms with Crippen molar-refractivity contribution in [3.63, 3.8) is 0 Å². The molecule has 0 spiro atoms. The molecule has 1 aromatic carbocycles. The molecule has 0 aliphatic heterocycles. The van der Waals surface area contributed by atoms with Gasteiger partial charge < -0.3 is 4.74 Å². The van der Waals surface area contributed by atoms with E-state index >= 15 is 0 Å². The molecule has 0 aliphatic rings. The van der Waals surface area contributed by atoms with Gasteiger partial charge in [-0.1, -0.05) is 18.2 Å². The van der Waals surface area contributed by atoms with Crippen LogP contribution in [-0.4, -0.2) is 19.2 Å². The van der Waals surface area contributed by atoms with E-state index in [0.29, 0.717) is 5.69 Å². The Labute approximate surface area is 84.3 Å². The van der Waals surface area contributed by atoms with E-state index in [2.05, 4.69) is 6.07 Å². The minimum Gasteiger partial charge on any atom is -0.446 e. The highest BCUT2D eigenvalue weighted by Crippen LogP contribution is 2.11. The fraction of sp³-hybridized carbons (Fsp3) is 0.364. The molecule has 0 saturated heterocycles. The monoisotopic (exact) mass is 192 g/mol. The number of hydrogen-bond acceptors (Lipinski definition) is 2. The zero-order chi connectivity index (χ0) is 10.6. The second-order valence-corrected chi connectivity index (χ2v) is 3.24. The number of hydrogen-bond donors (Lipinski definition) is 0. The maximum absolute atomic E-state index is 11.4. The maximum atomic E-state index is 11.4. The molecule has 0 aromatic heterocycles. The van der Waals surface area contributed by atoms with Crippen molar-refractivity contribution >= 4 is 11.8 Å². The predicted octanol–water partition coefficient (Wildman–Crippen LogP) is 2.47. The van der Waals surface area contributed by atoms with E-state index in [0.717, 1.165) is 0 Å². The molecule has 0 N–H and O–H groups in total. The average molecular weight is 192 g/mol.